The zero-order valence-corrected chi connectivity index (χ0v) is 11.8. The molecular formula is C16H15N3O2. The number of methoxy groups -OCH3 is 2. The maximum Gasteiger partial charge on any atom is 0.233 e. The van der Waals surface area contributed by atoms with Gasteiger partial charge in [-0.3, -0.25) is 0 Å². The van der Waals surface area contributed by atoms with Crippen molar-refractivity contribution in [2.75, 3.05) is 19.5 Å². The quantitative estimate of drug-likeness (QED) is 0.794. The third-order valence-corrected chi connectivity index (χ3v) is 3.13. The number of nitrogens with zero attached hydrogens (tertiary/aromatic N) is 2. The number of rotatable bonds is 4. The molecule has 0 amide bonds. The molecule has 0 saturated carbocycles. The van der Waals surface area contributed by atoms with Gasteiger partial charge in [0.05, 0.1) is 20.3 Å². The molecule has 3 rings (SSSR count). The van der Waals surface area contributed by atoms with Crippen LogP contribution in [-0.4, -0.2) is 24.2 Å². The van der Waals surface area contributed by atoms with E-state index in [2.05, 4.69) is 33.5 Å². The average Bonchev–Trinajstić information content (AvgIpc) is 2.55. The minimum atomic E-state index is 0.433. The van der Waals surface area contributed by atoms with Gasteiger partial charge in [0.2, 0.25) is 17.7 Å². The number of anilines is 2. The van der Waals surface area contributed by atoms with Crippen molar-refractivity contribution in [3.63, 3.8) is 0 Å². The molecule has 0 saturated heterocycles. The molecule has 3 aromatic rings. The standard InChI is InChI=1S/C16H15N3O2/c1-20-14-10-15(21-2)19-16(18-14)17-13-9-5-7-11-6-3-4-8-12(11)13/h3-10H,1-2H3,(H,17,18,19). The number of hydrogen-bond acceptors (Lipinski definition) is 5. The Balaban J connectivity index is 2.02. The predicted octanol–water partition coefficient (Wildman–Crippen LogP) is 3.39. The summed E-state index contributed by atoms with van der Waals surface area (Å²) >= 11 is 0. The Morgan fingerprint density at radius 3 is 2.24 bits per heavy atom. The second-order valence-corrected chi connectivity index (χ2v) is 4.43. The molecule has 0 aliphatic carbocycles. The third kappa shape index (κ3) is 2.72. The molecule has 0 spiro atoms. The summed E-state index contributed by atoms with van der Waals surface area (Å²) in [6.45, 7) is 0. The minimum Gasteiger partial charge on any atom is -0.481 e. The highest BCUT2D eigenvalue weighted by Gasteiger charge is 2.07. The molecule has 1 N–H and O–H groups in total. The van der Waals surface area contributed by atoms with Crippen LogP contribution in [0.15, 0.2) is 48.5 Å². The van der Waals surface area contributed by atoms with E-state index in [9.17, 15) is 0 Å². The molecule has 2 aromatic carbocycles. The van der Waals surface area contributed by atoms with Crippen LogP contribution in [0, 0.1) is 0 Å². The molecular weight excluding hydrogens is 266 g/mol. The van der Waals surface area contributed by atoms with Crippen LogP contribution in [-0.2, 0) is 0 Å². The molecule has 0 fully saturated rings. The van der Waals surface area contributed by atoms with Crippen LogP contribution in [0.1, 0.15) is 0 Å². The molecule has 1 aromatic heterocycles. The highest BCUT2D eigenvalue weighted by Crippen LogP contribution is 2.26. The second kappa shape index (κ2) is 5.66. The maximum atomic E-state index is 5.15. The monoisotopic (exact) mass is 281 g/mol. The Morgan fingerprint density at radius 2 is 1.52 bits per heavy atom. The largest absolute Gasteiger partial charge is 0.481 e. The lowest BCUT2D eigenvalue weighted by Gasteiger charge is -2.10. The van der Waals surface area contributed by atoms with Crippen molar-refractivity contribution in [2.45, 2.75) is 0 Å². The summed E-state index contributed by atoms with van der Waals surface area (Å²) in [4.78, 5) is 8.55. The molecule has 5 heteroatoms. The average molecular weight is 281 g/mol. The fraction of sp³-hybridized carbons (Fsp3) is 0.125. The van der Waals surface area contributed by atoms with Crippen LogP contribution in [0.5, 0.6) is 11.8 Å². The molecule has 0 bridgehead atoms. The maximum absolute atomic E-state index is 5.15. The number of hydrogen-bond donors (Lipinski definition) is 1. The smallest absolute Gasteiger partial charge is 0.233 e. The molecule has 21 heavy (non-hydrogen) atoms. The number of benzene rings is 2. The van der Waals surface area contributed by atoms with Gasteiger partial charge in [-0.1, -0.05) is 36.4 Å². The van der Waals surface area contributed by atoms with E-state index in [1.807, 2.05) is 24.3 Å². The molecule has 5 nitrogen and oxygen atoms in total. The van der Waals surface area contributed by atoms with E-state index in [0.29, 0.717) is 17.7 Å². The van der Waals surface area contributed by atoms with Gasteiger partial charge in [0.1, 0.15) is 0 Å². The Kier molecular flexibility index (Phi) is 3.55. The van der Waals surface area contributed by atoms with Crippen molar-refractivity contribution >= 4 is 22.4 Å². The molecule has 0 aliphatic rings. The summed E-state index contributed by atoms with van der Waals surface area (Å²) in [5.74, 6) is 1.33. The molecule has 0 atom stereocenters. The van der Waals surface area contributed by atoms with E-state index in [4.69, 9.17) is 9.47 Å². The Hall–Kier alpha value is -2.82. The summed E-state index contributed by atoms with van der Waals surface area (Å²) in [5, 5.41) is 5.47. The van der Waals surface area contributed by atoms with Gasteiger partial charge in [-0.2, -0.15) is 9.97 Å². The summed E-state index contributed by atoms with van der Waals surface area (Å²) in [5.41, 5.74) is 0.934. The first-order valence-corrected chi connectivity index (χ1v) is 6.52. The Morgan fingerprint density at radius 1 is 0.857 bits per heavy atom. The van der Waals surface area contributed by atoms with Crippen LogP contribution >= 0.6 is 0 Å². The zero-order valence-electron chi connectivity index (χ0n) is 11.8. The van der Waals surface area contributed by atoms with Crippen molar-refractivity contribution < 1.29 is 9.47 Å². The first-order chi connectivity index (χ1) is 10.3. The van der Waals surface area contributed by atoms with Gasteiger partial charge in [-0.25, -0.2) is 0 Å². The van der Waals surface area contributed by atoms with Crippen molar-refractivity contribution in [3.8, 4) is 11.8 Å². The summed E-state index contributed by atoms with van der Waals surface area (Å²) in [6, 6.07) is 15.8. The minimum absolute atomic E-state index is 0.433. The lowest BCUT2D eigenvalue weighted by atomic mass is 10.1. The van der Waals surface area contributed by atoms with E-state index in [-0.39, 0.29) is 0 Å². The molecule has 0 aliphatic heterocycles. The first kappa shape index (κ1) is 13.2. The van der Waals surface area contributed by atoms with Crippen molar-refractivity contribution in [1.82, 2.24) is 9.97 Å². The fourth-order valence-corrected chi connectivity index (χ4v) is 2.12. The molecule has 1 heterocycles. The van der Waals surface area contributed by atoms with Crippen molar-refractivity contribution in [2.24, 2.45) is 0 Å². The predicted molar refractivity (Wildman–Crippen MR) is 82.4 cm³/mol. The number of aromatic nitrogens is 2. The molecule has 106 valence electrons. The van der Waals surface area contributed by atoms with Crippen molar-refractivity contribution in [3.05, 3.63) is 48.5 Å². The lowest BCUT2D eigenvalue weighted by Crippen LogP contribution is -2.01. The van der Waals surface area contributed by atoms with Gasteiger partial charge >= 0.3 is 0 Å². The summed E-state index contributed by atoms with van der Waals surface area (Å²) in [6.07, 6.45) is 0. The summed E-state index contributed by atoms with van der Waals surface area (Å²) < 4.78 is 10.3. The van der Waals surface area contributed by atoms with E-state index < -0.39 is 0 Å². The van der Waals surface area contributed by atoms with Gasteiger partial charge in [-0.05, 0) is 11.5 Å². The van der Waals surface area contributed by atoms with E-state index in [1.54, 1.807) is 20.3 Å². The summed E-state index contributed by atoms with van der Waals surface area (Å²) in [7, 11) is 3.12. The van der Waals surface area contributed by atoms with Crippen LogP contribution in [0.3, 0.4) is 0 Å². The van der Waals surface area contributed by atoms with Crippen LogP contribution in [0.4, 0.5) is 11.6 Å². The Labute approximate surface area is 122 Å². The third-order valence-electron chi connectivity index (χ3n) is 3.13. The molecule has 0 unspecified atom stereocenters. The fourth-order valence-electron chi connectivity index (χ4n) is 2.12. The highest BCUT2D eigenvalue weighted by molar-refractivity contribution is 5.94. The normalized spacial score (nSPS) is 10.4. The van der Waals surface area contributed by atoms with Crippen molar-refractivity contribution in [1.29, 1.82) is 0 Å². The van der Waals surface area contributed by atoms with Gasteiger partial charge in [0.25, 0.3) is 0 Å². The highest BCUT2D eigenvalue weighted by atomic mass is 16.5. The molecule has 0 radical (unpaired) electrons. The number of fused-ring (bicyclic) bond motifs is 1. The van der Waals surface area contributed by atoms with Crippen LogP contribution < -0.4 is 14.8 Å². The SMILES string of the molecule is COc1cc(OC)nc(Nc2cccc3ccccc23)n1. The Bertz CT molecular complexity index is 747. The first-order valence-electron chi connectivity index (χ1n) is 6.52. The van der Waals surface area contributed by atoms with E-state index in [1.165, 1.54) is 0 Å². The van der Waals surface area contributed by atoms with E-state index >= 15 is 0 Å². The van der Waals surface area contributed by atoms with Crippen LogP contribution in [0.2, 0.25) is 0 Å². The van der Waals surface area contributed by atoms with E-state index in [0.717, 1.165) is 16.5 Å². The lowest BCUT2D eigenvalue weighted by molar-refractivity contribution is 0.373. The van der Waals surface area contributed by atoms with Gasteiger partial charge in [-0.15, -0.1) is 0 Å². The van der Waals surface area contributed by atoms with Gasteiger partial charge in [0, 0.05) is 11.1 Å². The number of ether oxygens (including phenoxy) is 2. The van der Waals surface area contributed by atoms with Crippen LogP contribution in [0.25, 0.3) is 10.8 Å². The topological polar surface area (TPSA) is 56.3 Å². The zero-order chi connectivity index (χ0) is 14.7. The number of nitrogens with one attached hydrogen (secondary N) is 1. The van der Waals surface area contributed by atoms with Gasteiger partial charge < -0.3 is 14.8 Å². The van der Waals surface area contributed by atoms with Gasteiger partial charge in [0.15, 0.2) is 0 Å². The second-order valence-electron chi connectivity index (χ2n) is 4.43.